The van der Waals surface area contributed by atoms with Gasteiger partial charge in [0.2, 0.25) is 0 Å². The van der Waals surface area contributed by atoms with Crippen LogP contribution < -0.4 is 5.73 Å². The number of nitrogens with one attached hydrogen (secondary N) is 1. The molecule has 5 heteroatoms. The number of aromatic amines is 1. The van der Waals surface area contributed by atoms with Crippen molar-refractivity contribution in [3.05, 3.63) is 36.0 Å². The molecule has 0 radical (unpaired) electrons. The van der Waals surface area contributed by atoms with Gasteiger partial charge in [-0.3, -0.25) is 5.10 Å². The minimum absolute atomic E-state index is 0.287. The van der Waals surface area contributed by atoms with Crippen LogP contribution in [0.15, 0.2) is 24.4 Å². The Balaban J connectivity index is 2.57. The van der Waals surface area contributed by atoms with Crippen LogP contribution in [0.4, 0.5) is 14.6 Å². The lowest BCUT2D eigenvalue weighted by Gasteiger charge is -1.99. The van der Waals surface area contributed by atoms with Crippen molar-refractivity contribution in [1.29, 1.82) is 0 Å². The Morgan fingerprint density at radius 1 is 1.14 bits per heavy atom. The number of benzene rings is 1. The van der Waals surface area contributed by atoms with E-state index >= 15 is 0 Å². The first-order valence-corrected chi connectivity index (χ1v) is 3.92. The van der Waals surface area contributed by atoms with Crippen LogP contribution in [-0.2, 0) is 0 Å². The molecule has 1 heterocycles. The van der Waals surface area contributed by atoms with Gasteiger partial charge in [-0.1, -0.05) is 0 Å². The number of H-pyrrole nitrogens is 1. The van der Waals surface area contributed by atoms with E-state index in [4.69, 9.17) is 5.73 Å². The zero-order valence-corrected chi connectivity index (χ0v) is 7.09. The fourth-order valence-electron chi connectivity index (χ4n) is 1.24. The molecule has 14 heavy (non-hydrogen) atoms. The molecular formula is C9H7F2N3. The lowest BCUT2D eigenvalue weighted by Crippen LogP contribution is -1.89. The van der Waals surface area contributed by atoms with Gasteiger partial charge in [-0.15, -0.1) is 0 Å². The molecule has 0 amide bonds. The van der Waals surface area contributed by atoms with Gasteiger partial charge < -0.3 is 5.73 Å². The topological polar surface area (TPSA) is 54.7 Å². The van der Waals surface area contributed by atoms with E-state index in [0.717, 1.165) is 6.07 Å². The Bertz CT molecular complexity index is 445. The van der Waals surface area contributed by atoms with Crippen molar-refractivity contribution >= 4 is 5.82 Å². The highest BCUT2D eigenvalue weighted by Gasteiger charge is 2.07. The third kappa shape index (κ3) is 1.44. The Hall–Kier alpha value is -1.91. The Morgan fingerprint density at radius 3 is 2.29 bits per heavy atom. The molecule has 0 bridgehead atoms. The van der Waals surface area contributed by atoms with Crippen LogP contribution in [0, 0.1) is 11.6 Å². The number of anilines is 1. The summed E-state index contributed by atoms with van der Waals surface area (Å²) in [6.07, 6.45) is 1.42. The van der Waals surface area contributed by atoms with Gasteiger partial charge >= 0.3 is 0 Å². The molecule has 1 aromatic heterocycles. The minimum Gasteiger partial charge on any atom is -0.384 e. The summed E-state index contributed by atoms with van der Waals surface area (Å²) in [5.41, 5.74) is 6.37. The predicted octanol–water partition coefficient (Wildman–Crippen LogP) is 1.94. The SMILES string of the molecule is Nc1[nH]ncc1-c1cc(F)cc(F)c1. The molecule has 72 valence electrons. The zero-order valence-electron chi connectivity index (χ0n) is 7.09. The second-order valence-electron chi connectivity index (χ2n) is 2.86. The molecule has 0 aliphatic heterocycles. The summed E-state index contributed by atoms with van der Waals surface area (Å²) in [7, 11) is 0. The molecule has 0 aliphatic rings. The summed E-state index contributed by atoms with van der Waals surface area (Å²) < 4.78 is 25.7. The molecule has 3 N–H and O–H groups in total. The van der Waals surface area contributed by atoms with Gasteiger partial charge in [-0.2, -0.15) is 5.10 Å². The van der Waals surface area contributed by atoms with E-state index < -0.39 is 11.6 Å². The Kier molecular flexibility index (Phi) is 1.92. The molecule has 0 saturated heterocycles. The molecule has 3 nitrogen and oxygen atoms in total. The summed E-state index contributed by atoms with van der Waals surface area (Å²) in [5.74, 6) is -0.990. The fourth-order valence-corrected chi connectivity index (χ4v) is 1.24. The molecule has 2 rings (SSSR count). The molecule has 0 unspecified atom stereocenters. The maximum absolute atomic E-state index is 12.8. The average Bonchev–Trinajstić information content (AvgIpc) is 2.49. The van der Waals surface area contributed by atoms with Crippen molar-refractivity contribution in [2.75, 3.05) is 5.73 Å². The maximum atomic E-state index is 12.8. The molecule has 1 aromatic carbocycles. The molecule has 0 fully saturated rings. The van der Waals surface area contributed by atoms with Crippen molar-refractivity contribution < 1.29 is 8.78 Å². The van der Waals surface area contributed by atoms with Crippen LogP contribution in [0.5, 0.6) is 0 Å². The van der Waals surface area contributed by atoms with Gasteiger partial charge in [0, 0.05) is 11.6 Å². The molecule has 0 aliphatic carbocycles. The van der Waals surface area contributed by atoms with Crippen LogP contribution in [0.3, 0.4) is 0 Å². The van der Waals surface area contributed by atoms with Gasteiger partial charge in [-0.25, -0.2) is 8.78 Å². The summed E-state index contributed by atoms with van der Waals surface area (Å²) >= 11 is 0. The van der Waals surface area contributed by atoms with Gasteiger partial charge in [0.25, 0.3) is 0 Å². The average molecular weight is 195 g/mol. The summed E-state index contributed by atoms with van der Waals surface area (Å²) in [6, 6.07) is 3.20. The minimum atomic E-state index is -0.638. The summed E-state index contributed by atoms with van der Waals surface area (Å²) in [4.78, 5) is 0. The highest BCUT2D eigenvalue weighted by Crippen LogP contribution is 2.24. The Labute approximate surface area is 78.6 Å². The van der Waals surface area contributed by atoms with Gasteiger partial charge in [0.1, 0.15) is 17.5 Å². The number of aromatic nitrogens is 2. The maximum Gasteiger partial charge on any atom is 0.126 e. The van der Waals surface area contributed by atoms with E-state index in [1.165, 1.54) is 18.3 Å². The number of nitrogens with zero attached hydrogens (tertiary/aromatic N) is 1. The van der Waals surface area contributed by atoms with E-state index in [2.05, 4.69) is 10.2 Å². The van der Waals surface area contributed by atoms with Crippen molar-refractivity contribution in [3.63, 3.8) is 0 Å². The highest BCUT2D eigenvalue weighted by molar-refractivity contribution is 5.72. The largest absolute Gasteiger partial charge is 0.384 e. The Morgan fingerprint density at radius 2 is 1.79 bits per heavy atom. The third-order valence-corrected chi connectivity index (χ3v) is 1.84. The monoisotopic (exact) mass is 195 g/mol. The van der Waals surface area contributed by atoms with Crippen LogP contribution in [0.25, 0.3) is 11.1 Å². The lowest BCUT2D eigenvalue weighted by atomic mass is 10.1. The van der Waals surface area contributed by atoms with Gasteiger partial charge in [0.15, 0.2) is 0 Å². The smallest absolute Gasteiger partial charge is 0.126 e. The van der Waals surface area contributed by atoms with Crippen molar-refractivity contribution in [2.45, 2.75) is 0 Å². The molecular weight excluding hydrogens is 188 g/mol. The summed E-state index contributed by atoms with van der Waals surface area (Å²) in [5, 5.41) is 6.15. The fraction of sp³-hybridized carbons (Fsp3) is 0. The van der Waals surface area contributed by atoms with Crippen LogP contribution >= 0.6 is 0 Å². The second kappa shape index (κ2) is 3.10. The van der Waals surface area contributed by atoms with E-state index in [-0.39, 0.29) is 5.82 Å². The van der Waals surface area contributed by atoms with Crippen LogP contribution in [0.2, 0.25) is 0 Å². The first-order chi connectivity index (χ1) is 6.66. The number of hydrogen-bond acceptors (Lipinski definition) is 2. The van der Waals surface area contributed by atoms with Gasteiger partial charge in [0.05, 0.1) is 6.20 Å². The second-order valence-corrected chi connectivity index (χ2v) is 2.86. The van der Waals surface area contributed by atoms with Crippen molar-refractivity contribution in [3.8, 4) is 11.1 Å². The standard InChI is InChI=1S/C9H7F2N3/c10-6-1-5(2-7(11)3-6)8-4-13-14-9(8)12/h1-4H,(H3,12,13,14). The van der Waals surface area contributed by atoms with E-state index in [1.54, 1.807) is 0 Å². The predicted molar refractivity (Wildman–Crippen MR) is 48.4 cm³/mol. The molecule has 0 spiro atoms. The van der Waals surface area contributed by atoms with Crippen molar-refractivity contribution in [2.24, 2.45) is 0 Å². The number of nitrogens with two attached hydrogens (primary N) is 1. The number of halogens is 2. The zero-order chi connectivity index (χ0) is 10.1. The van der Waals surface area contributed by atoms with Crippen LogP contribution in [-0.4, -0.2) is 10.2 Å². The van der Waals surface area contributed by atoms with E-state index in [9.17, 15) is 8.78 Å². The molecule has 0 saturated carbocycles. The number of nitrogen functional groups attached to an aromatic ring is 1. The van der Waals surface area contributed by atoms with E-state index in [0.29, 0.717) is 11.1 Å². The third-order valence-electron chi connectivity index (χ3n) is 1.84. The first-order valence-electron chi connectivity index (χ1n) is 3.92. The normalized spacial score (nSPS) is 10.4. The first kappa shape index (κ1) is 8.68. The van der Waals surface area contributed by atoms with Gasteiger partial charge in [-0.05, 0) is 17.7 Å². The molecule has 2 aromatic rings. The lowest BCUT2D eigenvalue weighted by molar-refractivity contribution is 0.584. The number of rotatable bonds is 1. The van der Waals surface area contributed by atoms with E-state index in [1.807, 2.05) is 0 Å². The highest BCUT2D eigenvalue weighted by atomic mass is 19.1. The number of hydrogen-bond donors (Lipinski definition) is 2. The van der Waals surface area contributed by atoms with Crippen molar-refractivity contribution in [1.82, 2.24) is 10.2 Å². The quantitative estimate of drug-likeness (QED) is 0.730. The molecule has 0 atom stereocenters. The summed E-state index contributed by atoms with van der Waals surface area (Å²) in [6.45, 7) is 0. The van der Waals surface area contributed by atoms with Crippen LogP contribution in [0.1, 0.15) is 0 Å².